The molecule has 2 heterocycles. The molecule has 0 bridgehead atoms. The molecule has 4 heteroatoms. The SMILES string of the molecule is N#C[C@H](CCCO[C@H]1CCCCO1)c1cccnc1. The smallest absolute Gasteiger partial charge is 0.157 e. The molecule has 0 radical (unpaired) electrons. The molecular formula is C15H20N2O2. The van der Waals surface area contributed by atoms with Crippen molar-refractivity contribution in [3.8, 4) is 6.07 Å². The molecule has 0 aromatic carbocycles. The number of nitrogens with zero attached hydrogens (tertiary/aromatic N) is 2. The van der Waals surface area contributed by atoms with Gasteiger partial charge in [-0.15, -0.1) is 0 Å². The molecule has 2 atom stereocenters. The van der Waals surface area contributed by atoms with Crippen LogP contribution < -0.4 is 0 Å². The van der Waals surface area contributed by atoms with Crippen molar-refractivity contribution in [2.24, 2.45) is 0 Å². The van der Waals surface area contributed by atoms with Crippen LogP contribution in [0.5, 0.6) is 0 Å². The van der Waals surface area contributed by atoms with Crippen molar-refractivity contribution in [1.29, 1.82) is 5.26 Å². The second kappa shape index (κ2) is 7.88. The minimum absolute atomic E-state index is 0.0346. The van der Waals surface area contributed by atoms with Gasteiger partial charge in [0.1, 0.15) is 0 Å². The number of hydrogen-bond donors (Lipinski definition) is 0. The van der Waals surface area contributed by atoms with Crippen molar-refractivity contribution in [3.63, 3.8) is 0 Å². The van der Waals surface area contributed by atoms with Gasteiger partial charge in [-0.25, -0.2) is 0 Å². The standard InChI is InChI=1S/C15H20N2O2/c16-11-13(14-5-3-8-17-12-14)6-4-10-19-15-7-1-2-9-18-15/h3,5,8,12-13,15H,1-2,4,6-7,9-10H2/t13-,15-/m0/s1. The predicted molar refractivity (Wildman–Crippen MR) is 71.4 cm³/mol. The normalized spacial score (nSPS) is 20.7. The molecule has 0 spiro atoms. The van der Waals surface area contributed by atoms with Gasteiger partial charge in [-0.2, -0.15) is 5.26 Å². The highest BCUT2D eigenvalue weighted by Crippen LogP contribution is 2.20. The first-order chi connectivity index (χ1) is 9.40. The number of hydrogen-bond acceptors (Lipinski definition) is 4. The molecule has 1 aliphatic heterocycles. The summed E-state index contributed by atoms with van der Waals surface area (Å²) in [6, 6.07) is 6.15. The van der Waals surface area contributed by atoms with Crippen LogP contribution in [0, 0.1) is 11.3 Å². The molecule has 102 valence electrons. The molecule has 2 rings (SSSR count). The van der Waals surface area contributed by atoms with Crippen LogP contribution in [0.3, 0.4) is 0 Å². The van der Waals surface area contributed by atoms with E-state index in [2.05, 4.69) is 11.1 Å². The van der Waals surface area contributed by atoms with Crippen LogP contribution in [0.15, 0.2) is 24.5 Å². The summed E-state index contributed by atoms with van der Waals surface area (Å²) in [7, 11) is 0. The molecule has 1 saturated heterocycles. The average molecular weight is 260 g/mol. The zero-order valence-corrected chi connectivity index (χ0v) is 11.1. The first-order valence-corrected chi connectivity index (χ1v) is 6.93. The highest BCUT2D eigenvalue weighted by molar-refractivity contribution is 5.20. The third kappa shape index (κ3) is 4.62. The fourth-order valence-corrected chi connectivity index (χ4v) is 2.23. The zero-order valence-electron chi connectivity index (χ0n) is 11.1. The van der Waals surface area contributed by atoms with Crippen molar-refractivity contribution >= 4 is 0 Å². The summed E-state index contributed by atoms with van der Waals surface area (Å²) in [5.41, 5.74) is 0.985. The van der Waals surface area contributed by atoms with Crippen molar-refractivity contribution in [1.82, 2.24) is 4.98 Å². The van der Waals surface area contributed by atoms with Crippen LogP contribution in [0.1, 0.15) is 43.6 Å². The van der Waals surface area contributed by atoms with E-state index < -0.39 is 0 Å². The van der Waals surface area contributed by atoms with Gasteiger partial charge in [0.25, 0.3) is 0 Å². The summed E-state index contributed by atoms with van der Waals surface area (Å²) in [5, 5.41) is 9.18. The molecule has 1 aromatic heterocycles. The fourth-order valence-electron chi connectivity index (χ4n) is 2.23. The predicted octanol–water partition coefficient (Wildman–Crippen LogP) is 3.01. The minimum atomic E-state index is -0.0930. The Hall–Kier alpha value is -1.44. The van der Waals surface area contributed by atoms with Gasteiger partial charge >= 0.3 is 0 Å². The fraction of sp³-hybridized carbons (Fsp3) is 0.600. The van der Waals surface area contributed by atoms with Crippen LogP contribution in [-0.4, -0.2) is 24.5 Å². The van der Waals surface area contributed by atoms with E-state index in [0.29, 0.717) is 6.61 Å². The summed E-state index contributed by atoms with van der Waals surface area (Å²) in [6.07, 6.45) is 8.43. The van der Waals surface area contributed by atoms with Crippen molar-refractivity contribution in [2.45, 2.75) is 44.3 Å². The van der Waals surface area contributed by atoms with E-state index in [1.807, 2.05) is 12.1 Å². The summed E-state index contributed by atoms with van der Waals surface area (Å²) < 4.78 is 11.2. The Labute approximate surface area is 114 Å². The van der Waals surface area contributed by atoms with Crippen LogP contribution in [-0.2, 0) is 9.47 Å². The van der Waals surface area contributed by atoms with Crippen molar-refractivity contribution < 1.29 is 9.47 Å². The van der Waals surface area contributed by atoms with Crippen LogP contribution in [0.4, 0.5) is 0 Å². The largest absolute Gasteiger partial charge is 0.353 e. The highest BCUT2D eigenvalue weighted by atomic mass is 16.7. The number of aromatic nitrogens is 1. The maximum atomic E-state index is 9.18. The first kappa shape index (κ1) is 14.0. The number of rotatable bonds is 6. The number of pyridine rings is 1. The lowest BCUT2D eigenvalue weighted by atomic mass is 9.97. The number of nitriles is 1. The zero-order chi connectivity index (χ0) is 13.3. The molecule has 19 heavy (non-hydrogen) atoms. The lowest BCUT2D eigenvalue weighted by Gasteiger charge is -2.22. The molecule has 1 aliphatic rings. The summed E-state index contributed by atoms with van der Waals surface area (Å²) in [5.74, 6) is -0.0930. The van der Waals surface area contributed by atoms with Gasteiger partial charge in [0.15, 0.2) is 6.29 Å². The lowest BCUT2D eigenvalue weighted by Crippen LogP contribution is -2.22. The minimum Gasteiger partial charge on any atom is -0.353 e. The third-order valence-electron chi connectivity index (χ3n) is 3.32. The Bertz CT molecular complexity index is 396. The van der Waals surface area contributed by atoms with Gasteiger partial charge in [-0.3, -0.25) is 4.98 Å². The van der Waals surface area contributed by atoms with Crippen LogP contribution in [0.25, 0.3) is 0 Å². The Kier molecular flexibility index (Phi) is 5.80. The van der Waals surface area contributed by atoms with E-state index in [9.17, 15) is 5.26 Å². The van der Waals surface area contributed by atoms with Crippen molar-refractivity contribution in [2.75, 3.05) is 13.2 Å². The van der Waals surface area contributed by atoms with E-state index in [1.165, 1.54) is 6.42 Å². The second-order valence-corrected chi connectivity index (χ2v) is 4.78. The summed E-state index contributed by atoms with van der Waals surface area (Å²) in [6.45, 7) is 1.46. The van der Waals surface area contributed by atoms with Gasteiger partial charge in [-0.1, -0.05) is 6.07 Å². The molecule has 0 N–H and O–H groups in total. The molecule has 1 aromatic rings. The average Bonchev–Trinajstić information content (AvgIpc) is 2.49. The van der Waals surface area contributed by atoms with E-state index >= 15 is 0 Å². The molecule has 4 nitrogen and oxygen atoms in total. The van der Waals surface area contributed by atoms with E-state index in [0.717, 1.165) is 37.9 Å². The Morgan fingerprint density at radius 1 is 1.53 bits per heavy atom. The van der Waals surface area contributed by atoms with Crippen molar-refractivity contribution in [3.05, 3.63) is 30.1 Å². The lowest BCUT2D eigenvalue weighted by molar-refractivity contribution is -0.162. The number of ether oxygens (including phenoxy) is 2. The van der Waals surface area contributed by atoms with Gasteiger partial charge in [0, 0.05) is 25.6 Å². The van der Waals surface area contributed by atoms with E-state index in [4.69, 9.17) is 9.47 Å². The van der Waals surface area contributed by atoms with Crippen LogP contribution in [0.2, 0.25) is 0 Å². The Morgan fingerprint density at radius 3 is 3.16 bits per heavy atom. The maximum absolute atomic E-state index is 9.18. The monoisotopic (exact) mass is 260 g/mol. The Balaban J connectivity index is 1.68. The first-order valence-electron chi connectivity index (χ1n) is 6.93. The molecule has 0 unspecified atom stereocenters. The molecule has 0 aliphatic carbocycles. The van der Waals surface area contributed by atoms with Gasteiger partial charge < -0.3 is 9.47 Å². The van der Waals surface area contributed by atoms with Gasteiger partial charge in [0.2, 0.25) is 0 Å². The van der Waals surface area contributed by atoms with E-state index in [1.54, 1.807) is 12.4 Å². The third-order valence-corrected chi connectivity index (χ3v) is 3.32. The molecule has 0 amide bonds. The molecule has 0 saturated carbocycles. The van der Waals surface area contributed by atoms with E-state index in [-0.39, 0.29) is 12.2 Å². The summed E-state index contributed by atoms with van der Waals surface area (Å²) >= 11 is 0. The summed E-state index contributed by atoms with van der Waals surface area (Å²) in [4.78, 5) is 4.05. The molecule has 1 fully saturated rings. The maximum Gasteiger partial charge on any atom is 0.157 e. The topological polar surface area (TPSA) is 55.1 Å². The van der Waals surface area contributed by atoms with Crippen LogP contribution >= 0.6 is 0 Å². The van der Waals surface area contributed by atoms with Gasteiger partial charge in [0.05, 0.1) is 12.0 Å². The highest BCUT2D eigenvalue weighted by Gasteiger charge is 2.14. The van der Waals surface area contributed by atoms with Gasteiger partial charge in [-0.05, 0) is 43.7 Å². The quantitative estimate of drug-likeness (QED) is 0.738. The molecular weight excluding hydrogens is 240 g/mol. The Morgan fingerprint density at radius 2 is 2.47 bits per heavy atom. The second-order valence-electron chi connectivity index (χ2n) is 4.78.